The Bertz CT molecular complexity index is 221. The third kappa shape index (κ3) is 4.01. The molecule has 0 bridgehead atoms. The van der Waals surface area contributed by atoms with Crippen molar-refractivity contribution in [2.75, 3.05) is 0 Å². The van der Waals surface area contributed by atoms with Gasteiger partial charge in [-0.3, -0.25) is 4.55 Å². The summed E-state index contributed by atoms with van der Waals surface area (Å²) < 4.78 is 28.9. The van der Waals surface area contributed by atoms with Crippen molar-refractivity contribution in [1.82, 2.24) is 10.3 Å². The molecule has 0 atom stereocenters. The van der Waals surface area contributed by atoms with E-state index in [9.17, 15) is 8.42 Å². The van der Waals surface area contributed by atoms with E-state index < -0.39 is 10.3 Å². The summed E-state index contributed by atoms with van der Waals surface area (Å²) in [7, 11) is -4.08. The van der Waals surface area contributed by atoms with Crippen molar-refractivity contribution in [2.24, 2.45) is 0 Å². The number of hydrogen-bond acceptors (Lipinski definition) is 3. The molecular formula is C6H14N2O3S. The van der Waals surface area contributed by atoms with Crippen LogP contribution in [0.5, 0.6) is 0 Å². The molecule has 1 fully saturated rings. The molecule has 0 saturated heterocycles. The van der Waals surface area contributed by atoms with E-state index in [-0.39, 0.29) is 6.04 Å². The summed E-state index contributed by atoms with van der Waals surface area (Å²) >= 11 is 0. The first-order valence-electron chi connectivity index (χ1n) is 4.08. The van der Waals surface area contributed by atoms with E-state index >= 15 is 0 Å². The molecule has 1 aliphatic carbocycles. The summed E-state index contributed by atoms with van der Waals surface area (Å²) in [6, 6.07) is 0.167. The summed E-state index contributed by atoms with van der Waals surface area (Å²) in [6.07, 6.45) is 5.37. The van der Waals surface area contributed by atoms with Gasteiger partial charge in [-0.2, -0.15) is 8.42 Å². The second-order valence-electron chi connectivity index (χ2n) is 3.06. The van der Waals surface area contributed by atoms with Crippen LogP contribution in [0.3, 0.4) is 0 Å². The molecule has 3 N–H and O–H groups in total. The lowest BCUT2D eigenvalue weighted by molar-refractivity contribution is 0.350. The molecule has 72 valence electrons. The first kappa shape index (κ1) is 9.91. The highest BCUT2D eigenvalue weighted by Gasteiger charge is 2.14. The van der Waals surface area contributed by atoms with Crippen molar-refractivity contribution in [2.45, 2.75) is 38.1 Å². The van der Waals surface area contributed by atoms with Crippen LogP contribution in [-0.4, -0.2) is 19.0 Å². The van der Waals surface area contributed by atoms with E-state index in [0.29, 0.717) is 0 Å². The molecule has 5 nitrogen and oxygen atoms in total. The second kappa shape index (κ2) is 4.18. The number of rotatable bonds is 3. The molecule has 0 aromatic carbocycles. The molecule has 6 heteroatoms. The lowest BCUT2D eigenvalue weighted by atomic mass is 9.96. The zero-order valence-electron chi connectivity index (χ0n) is 6.78. The van der Waals surface area contributed by atoms with E-state index in [4.69, 9.17) is 4.55 Å². The zero-order valence-corrected chi connectivity index (χ0v) is 7.60. The molecule has 0 radical (unpaired) electrons. The minimum absolute atomic E-state index is 0.167. The van der Waals surface area contributed by atoms with Crippen LogP contribution < -0.4 is 10.3 Å². The fourth-order valence-corrected chi connectivity index (χ4v) is 1.72. The summed E-state index contributed by atoms with van der Waals surface area (Å²) in [4.78, 5) is 1.87. The fourth-order valence-electron chi connectivity index (χ4n) is 1.40. The summed E-state index contributed by atoms with van der Waals surface area (Å²) in [6.45, 7) is 0. The van der Waals surface area contributed by atoms with Crippen LogP contribution in [0.25, 0.3) is 0 Å². The van der Waals surface area contributed by atoms with E-state index in [1.54, 1.807) is 0 Å². The molecule has 0 spiro atoms. The Balaban J connectivity index is 2.22. The van der Waals surface area contributed by atoms with Gasteiger partial charge in [0.2, 0.25) is 0 Å². The first-order chi connectivity index (χ1) is 5.58. The van der Waals surface area contributed by atoms with Crippen LogP contribution in [0.4, 0.5) is 0 Å². The predicted octanol–water partition coefficient (Wildman–Crippen LogP) is 0.216. The van der Waals surface area contributed by atoms with E-state index in [2.05, 4.69) is 5.43 Å². The smallest absolute Gasteiger partial charge is 0.273 e. The minimum atomic E-state index is -4.08. The largest absolute Gasteiger partial charge is 0.346 e. The van der Waals surface area contributed by atoms with Gasteiger partial charge in [0.1, 0.15) is 0 Å². The molecule has 12 heavy (non-hydrogen) atoms. The van der Waals surface area contributed by atoms with Crippen molar-refractivity contribution in [3.8, 4) is 0 Å². The monoisotopic (exact) mass is 194 g/mol. The van der Waals surface area contributed by atoms with Gasteiger partial charge in [-0.05, 0) is 12.8 Å². The molecule has 0 amide bonds. The third-order valence-electron chi connectivity index (χ3n) is 2.00. The highest BCUT2D eigenvalue weighted by Crippen LogP contribution is 2.16. The normalized spacial score (nSPS) is 21.1. The van der Waals surface area contributed by atoms with Crippen molar-refractivity contribution < 1.29 is 13.0 Å². The third-order valence-corrected chi connectivity index (χ3v) is 2.37. The zero-order chi connectivity index (χ0) is 9.03. The molecular weight excluding hydrogens is 180 g/mol. The molecule has 0 unspecified atom stereocenters. The molecule has 0 aromatic heterocycles. The van der Waals surface area contributed by atoms with Crippen LogP contribution >= 0.6 is 0 Å². The van der Waals surface area contributed by atoms with Crippen LogP contribution in [-0.2, 0) is 10.3 Å². The molecule has 0 aromatic rings. The molecule has 1 saturated carbocycles. The maximum absolute atomic E-state index is 10.3. The Morgan fingerprint density at radius 2 is 1.75 bits per heavy atom. The molecule has 0 aliphatic heterocycles. The Morgan fingerprint density at radius 3 is 2.25 bits per heavy atom. The highest BCUT2D eigenvalue weighted by molar-refractivity contribution is 7.83. The van der Waals surface area contributed by atoms with Crippen molar-refractivity contribution in [1.29, 1.82) is 0 Å². The molecule has 0 heterocycles. The Labute approximate surface area is 72.4 Å². The van der Waals surface area contributed by atoms with Crippen molar-refractivity contribution in [3.63, 3.8) is 0 Å². The van der Waals surface area contributed by atoms with E-state index in [0.717, 1.165) is 25.7 Å². The van der Waals surface area contributed by atoms with Gasteiger partial charge in [-0.25, -0.2) is 5.43 Å². The topological polar surface area (TPSA) is 78.4 Å². The lowest BCUT2D eigenvalue weighted by Gasteiger charge is -2.21. The summed E-state index contributed by atoms with van der Waals surface area (Å²) in [5.41, 5.74) is 2.57. The number of hydrogen-bond donors (Lipinski definition) is 3. The fraction of sp³-hybridized carbons (Fsp3) is 1.00. The predicted molar refractivity (Wildman–Crippen MR) is 44.7 cm³/mol. The second-order valence-corrected chi connectivity index (χ2v) is 4.21. The summed E-state index contributed by atoms with van der Waals surface area (Å²) in [5.74, 6) is 0. The van der Waals surface area contributed by atoms with Gasteiger partial charge >= 0.3 is 10.3 Å². The van der Waals surface area contributed by atoms with E-state index in [1.165, 1.54) is 6.42 Å². The van der Waals surface area contributed by atoms with Crippen LogP contribution in [0.15, 0.2) is 0 Å². The SMILES string of the molecule is O=S(=O)(O)NNC1CCCCC1. The average molecular weight is 194 g/mol. The maximum atomic E-state index is 10.3. The minimum Gasteiger partial charge on any atom is -0.273 e. The van der Waals surface area contributed by atoms with Gasteiger partial charge in [0.15, 0.2) is 0 Å². The first-order valence-corrected chi connectivity index (χ1v) is 5.52. The maximum Gasteiger partial charge on any atom is 0.346 e. The van der Waals surface area contributed by atoms with Gasteiger partial charge in [0.25, 0.3) is 0 Å². The van der Waals surface area contributed by atoms with Crippen LogP contribution in [0.1, 0.15) is 32.1 Å². The van der Waals surface area contributed by atoms with Crippen molar-refractivity contribution >= 4 is 10.3 Å². The molecule has 1 rings (SSSR count). The van der Waals surface area contributed by atoms with Gasteiger partial charge in [0.05, 0.1) is 0 Å². The standard InChI is InChI=1S/C6H14N2O3S/c9-12(10,11)8-7-6-4-2-1-3-5-6/h6-8H,1-5H2,(H,9,10,11). The Kier molecular flexibility index (Phi) is 3.45. The Morgan fingerprint density at radius 1 is 1.17 bits per heavy atom. The average Bonchev–Trinajstić information content (AvgIpc) is 2.02. The number of hydrazine groups is 1. The quantitative estimate of drug-likeness (QED) is 0.443. The van der Waals surface area contributed by atoms with Gasteiger partial charge in [-0.1, -0.05) is 19.3 Å². The van der Waals surface area contributed by atoms with Gasteiger partial charge < -0.3 is 0 Å². The number of nitrogens with one attached hydrogen (secondary N) is 2. The van der Waals surface area contributed by atoms with Crippen LogP contribution in [0.2, 0.25) is 0 Å². The van der Waals surface area contributed by atoms with E-state index in [1.807, 2.05) is 4.83 Å². The Hall–Kier alpha value is -0.170. The molecule has 1 aliphatic rings. The summed E-state index contributed by atoms with van der Waals surface area (Å²) in [5, 5.41) is 0. The highest BCUT2D eigenvalue weighted by atomic mass is 32.2. The lowest BCUT2D eigenvalue weighted by Crippen LogP contribution is -2.44. The van der Waals surface area contributed by atoms with Crippen molar-refractivity contribution in [3.05, 3.63) is 0 Å². The van der Waals surface area contributed by atoms with Gasteiger partial charge in [0, 0.05) is 6.04 Å². The van der Waals surface area contributed by atoms with Crippen LogP contribution in [0, 0.1) is 0 Å². The van der Waals surface area contributed by atoms with Gasteiger partial charge in [-0.15, -0.1) is 4.83 Å².